The van der Waals surface area contributed by atoms with Crippen LogP contribution in [0, 0.1) is 5.92 Å². The molecule has 0 radical (unpaired) electrons. The van der Waals surface area contributed by atoms with E-state index in [1.54, 1.807) is 6.92 Å². The summed E-state index contributed by atoms with van der Waals surface area (Å²) in [6, 6.07) is 0. The van der Waals surface area contributed by atoms with Crippen molar-refractivity contribution in [2.45, 2.75) is 19.8 Å². The Kier molecular flexibility index (Phi) is 4.45. The maximum atomic E-state index is 10.9. The number of aliphatic hydroxyl groups excluding tert-OH is 1. The minimum absolute atomic E-state index is 0.0769. The summed E-state index contributed by atoms with van der Waals surface area (Å²) in [5.74, 6) is -1.79. The van der Waals surface area contributed by atoms with Gasteiger partial charge in [-0.3, -0.25) is 9.59 Å². The molecule has 4 heteroatoms. The van der Waals surface area contributed by atoms with E-state index in [1.807, 2.05) is 0 Å². The van der Waals surface area contributed by atoms with Gasteiger partial charge in [0.15, 0.2) is 0 Å². The molecule has 0 bridgehead atoms. The van der Waals surface area contributed by atoms with Crippen LogP contribution < -0.4 is 0 Å². The third-order valence-corrected chi connectivity index (χ3v) is 1.44. The number of hydrogen-bond acceptors (Lipinski definition) is 3. The molecular weight excluding hydrogens is 148 g/mol. The van der Waals surface area contributed by atoms with Crippen LogP contribution in [0.25, 0.3) is 0 Å². The number of carbonyl (C=O) groups excluding carboxylic acids is 1. The van der Waals surface area contributed by atoms with Crippen molar-refractivity contribution in [2.24, 2.45) is 5.92 Å². The van der Waals surface area contributed by atoms with E-state index in [0.717, 1.165) is 0 Å². The van der Waals surface area contributed by atoms with E-state index >= 15 is 0 Å². The molecule has 0 aliphatic heterocycles. The molecule has 4 nitrogen and oxygen atoms in total. The number of Topliss-reactive ketones (excluding diaryl/α,β-unsaturated/α-hetero) is 1. The molecule has 0 saturated heterocycles. The van der Waals surface area contributed by atoms with Gasteiger partial charge < -0.3 is 10.2 Å². The van der Waals surface area contributed by atoms with Gasteiger partial charge in [-0.1, -0.05) is 6.92 Å². The minimum atomic E-state index is -1.11. The quantitative estimate of drug-likeness (QED) is 0.557. The standard InChI is InChI=1S/C7H12O4/c1-5(2-3-8)6(9)4-7(10)11/h5,8H,2-4H2,1H3,(H,10,11). The number of aliphatic carboxylic acids is 1. The molecule has 0 fully saturated rings. The van der Waals surface area contributed by atoms with Crippen LogP contribution in [0.5, 0.6) is 0 Å². The maximum absolute atomic E-state index is 10.9. The molecule has 0 aromatic rings. The average molecular weight is 160 g/mol. The number of carbonyl (C=O) groups is 2. The average Bonchev–Trinajstić information content (AvgIpc) is 1.86. The van der Waals surface area contributed by atoms with E-state index < -0.39 is 12.4 Å². The van der Waals surface area contributed by atoms with Gasteiger partial charge >= 0.3 is 5.97 Å². The second-order valence-electron chi connectivity index (χ2n) is 2.45. The first kappa shape index (κ1) is 10.1. The number of carboxylic acid groups (broad SMARTS) is 1. The second-order valence-corrected chi connectivity index (χ2v) is 2.45. The minimum Gasteiger partial charge on any atom is -0.481 e. The number of carboxylic acids is 1. The summed E-state index contributed by atoms with van der Waals surface area (Å²) in [5.41, 5.74) is 0. The summed E-state index contributed by atoms with van der Waals surface area (Å²) in [5, 5.41) is 16.6. The lowest BCUT2D eigenvalue weighted by molar-refractivity contribution is -0.141. The van der Waals surface area contributed by atoms with Crippen LogP contribution in [0.3, 0.4) is 0 Å². The monoisotopic (exact) mass is 160 g/mol. The predicted octanol–water partition coefficient (Wildman–Crippen LogP) is 0.0487. The Hall–Kier alpha value is -0.900. The highest BCUT2D eigenvalue weighted by Gasteiger charge is 2.14. The van der Waals surface area contributed by atoms with E-state index in [4.69, 9.17) is 10.2 Å². The van der Waals surface area contributed by atoms with Gasteiger partial charge in [0.25, 0.3) is 0 Å². The normalized spacial score (nSPS) is 12.5. The molecule has 0 heterocycles. The Labute approximate surface area is 64.8 Å². The fourth-order valence-corrected chi connectivity index (χ4v) is 0.678. The first-order valence-corrected chi connectivity index (χ1v) is 3.43. The molecule has 0 aromatic carbocycles. The third-order valence-electron chi connectivity index (χ3n) is 1.44. The Morgan fingerprint density at radius 1 is 1.45 bits per heavy atom. The summed E-state index contributed by atoms with van der Waals surface area (Å²) < 4.78 is 0. The van der Waals surface area contributed by atoms with E-state index in [9.17, 15) is 9.59 Å². The molecule has 0 aliphatic carbocycles. The molecular formula is C7H12O4. The Balaban J connectivity index is 3.73. The SMILES string of the molecule is CC(CCO)C(=O)CC(=O)O. The lowest BCUT2D eigenvalue weighted by atomic mass is 10.0. The third kappa shape index (κ3) is 4.50. The van der Waals surface area contributed by atoms with Crippen LogP contribution in [-0.4, -0.2) is 28.6 Å². The Morgan fingerprint density at radius 2 is 2.00 bits per heavy atom. The molecule has 2 N–H and O–H groups in total. The molecule has 0 rings (SSSR count). The zero-order valence-electron chi connectivity index (χ0n) is 6.41. The van der Waals surface area contributed by atoms with Gasteiger partial charge in [-0.15, -0.1) is 0 Å². The van der Waals surface area contributed by atoms with Gasteiger partial charge in [0.05, 0.1) is 0 Å². The van der Waals surface area contributed by atoms with Crippen LogP contribution in [-0.2, 0) is 9.59 Å². The van der Waals surface area contributed by atoms with Crippen LogP contribution in [0.15, 0.2) is 0 Å². The topological polar surface area (TPSA) is 74.6 Å². The van der Waals surface area contributed by atoms with Crippen LogP contribution >= 0.6 is 0 Å². The van der Waals surface area contributed by atoms with E-state index in [1.165, 1.54) is 0 Å². The summed E-state index contributed by atoms with van der Waals surface area (Å²) >= 11 is 0. The first-order valence-electron chi connectivity index (χ1n) is 3.43. The molecule has 64 valence electrons. The lowest BCUT2D eigenvalue weighted by Gasteiger charge is -2.04. The molecule has 1 atom stereocenters. The van der Waals surface area contributed by atoms with Gasteiger partial charge in [-0.2, -0.15) is 0 Å². The molecule has 0 spiro atoms. The van der Waals surface area contributed by atoms with Crippen molar-refractivity contribution in [3.8, 4) is 0 Å². The second kappa shape index (κ2) is 4.85. The maximum Gasteiger partial charge on any atom is 0.310 e. The molecule has 0 saturated carbocycles. The largest absolute Gasteiger partial charge is 0.481 e. The fourth-order valence-electron chi connectivity index (χ4n) is 0.678. The van der Waals surface area contributed by atoms with Crippen molar-refractivity contribution >= 4 is 11.8 Å². The van der Waals surface area contributed by atoms with Crippen LogP contribution in [0.2, 0.25) is 0 Å². The van der Waals surface area contributed by atoms with Crippen molar-refractivity contribution in [1.82, 2.24) is 0 Å². The van der Waals surface area contributed by atoms with Crippen molar-refractivity contribution in [1.29, 1.82) is 0 Å². The van der Waals surface area contributed by atoms with Gasteiger partial charge in [0.1, 0.15) is 12.2 Å². The molecule has 0 aromatic heterocycles. The Bertz CT molecular complexity index is 153. The highest BCUT2D eigenvalue weighted by atomic mass is 16.4. The van der Waals surface area contributed by atoms with E-state index in [-0.39, 0.29) is 18.3 Å². The molecule has 0 amide bonds. The van der Waals surface area contributed by atoms with E-state index in [0.29, 0.717) is 6.42 Å². The van der Waals surface area contributed by atoms with Gasteiger partial charge in [0.2, 0.25) is 0 Å². The molecule has 11 heavy (non-hydrogen) atoms. The summed E-state index contributed by atoms with van der Waals surface area (Å²) in [6.45, 7) is 1.54. The van der Waals surface area contributed by atoms with Gasteiger partial charge in [0, 0.05) is 12.5 Å². The number of hydrogen-bond donors (Lipinski definition) is 2. The first-order chi connectivity index (χ1) is 5.07. The van der Waals surface area contributed by atoms with Gasteiger partial charge in [-0.05, 0) is 6.42 Å². The zero-order chi connectivity index (χ0) is 8.85. The van der Waals surface area contributed by atoms with E-state index in [2.05, 4.69) is 0 Å². The summed E-state index contributed by atoms with van der Waals surface area (Å²) in [4.78, 5) is 20.9. The van der Waals surface area contributed by atoms with Crippen molar-refractivity contribution in [3.05, 3.63) is 0 Å². The summed E-state index contributed by atoms with van der Waals surface area (Å²) in [7, 11) is 0. The van der Waals surface area contributed by atoms with Crippen LogP contribution in [0.1, 0.15) is 19.8 Å². The number of ketones is 1. The Morgan fingerprint density at radius 3 is 2.36 bits per heavy atom. The molecule has 1 unspecified atom stereocenters. The zero-order valence-corrected chi connectivity index (χ0v) is 6.41. The van der Waals surface area contributed by atoms with Gasteiger partial charge in [-0.25, -0.2) is 0 Å². The highest BCUT2D eigenvalue weighted by Crippen LogP contribution is 2.04. The predicted molar refractivity (Wildman–Crippen MR) is 38.1 cm³/mol. The summed E-state index contributed by atoms with van der Waals surface area (Å²) in [6.07, 6.45) is -0.104. The smallest absolute Gasteiger partial charge is 0.310 e. The fraction of sp³-hybridized carbons (Fsp3) is 0.714. The highest BCUT2D eigenvalue weighted by molar-refractivity contribution is 5.95. The van der Waals surface area contributed by atoms with Crippen molar-refractivity contribution in [2.75, 3.05) is 6.61 Å². The van der Waals surface area contributed by atoms with Crippen molar-refractivity contribution in [3.63, 3.8) is 0 Å². The van der Waals surface area contributed by atoms with Crippen molar-refractivity contribution < 1.29 is 19.8 Å². The van der Waals surface area contributed by atoms with Crippen LogP contribution in [0.4, 0.5) is 0 Å². The molecule has 0 aliphatic rings. The number of rotatable bonds is 5. The lowest BCUT2D eigenvalue weighted by Crippen LogP contribution is -2.16. The number of aliphatic hydroxyl groups is 1.